The number of fused-ring (bicyclic) bond motifs is 1. The lowest BCUT2D eigenvalue weighted by Crippen LogP contribution is -2.06. The summed E-state index contributed by atoms with van der Waals surface area (Å²) in [4.78, 5) is 14.3. The predicted octanol–water partition coefficient (Wildman–Crippen LogP) is 3.11. The molecule has 0 saturated heterocycles. The van der Waals surface area contributed by atoms with E-state index in [2.05, 4.69) is 15.5 Å². The van der Waals surface area contributed by atoms with Crippen molar-refractivity contribution in [3.63, 3.8) is 0 Å². The van der Waals surface area contributed by atoms with Crippen molar-refractivity contribution in [3.8, 4) is 0 Å². The van der Waals surface area contributed by atoms with Crippen molar-refractivity contribution in [2.75, 3.05) is 5.43 Å². The number of hydrogen-bond donors (Lipinski definition) is 2. The van der Waals surface area contributed by atoms with Gasteiger partial charge in [-0.05, 0) is 23.8 Å². The van der Waals surface area contributed by atoms with E-state index in [0.717, 1.165) is 16.5 Å². The van der Waals surface area contributed by atoms with Crippen molar-refractivity contribution in [3.05, 3.63) is 76.3 Å². The first-order valence-electron chi connectivity index (χ1n) is 6.39. The van der Waals surface area contributed by atoms with E-state index in [1.165, 1.54) is 18.2 Å². The van der Waals surface area contributed by atoms with Gasteiger partial charge in [-0.1, -0.05) is 30.3 Å². The predicted molar refractivity (Wildman–Crippen MR) is 82.2 cm³/mol. The van der Waals surface area contributed by atoms with Crippen LogP contribution in [0.5, 0.6) is 0 Å². The topological polar surface area (TPSA) is 57.2 Å². The number of pyridine rings is 1. The molecule has 4 nitrogen and oxygen atoms in total. The molecule has 0 fully saturated rings. The van der Waals surface area contributed by atoms with Crippen molar-refractivity contribution in [1.82, 2.24) is 4.98 Å². The van der Waals surface area contributed by atoms with E-state index in [-0.39, 0.29) is 11.4 Å². The quantitative estimate of drug-likeness (QED) is 0.572. The number of aromatic nitrogens is 1. The molecule has 0 radical (unpaired) electrons. The van der Waals surface area contributed by atoms with Crippen LogP contribution >= 0.6 is 0 Å². The second-order valence-corrected chi connectivity index (χ2v) is 4.51. The van der Waals surface area contributed by atoms with Gasteiger partial charge in [-0.3, -0.25) is 10.2 Å². The molecule has 1 aromatic heterocycles. The monoisotopic (exact) mass is 281 g/mol. The average Bonchev–Trinajstić information content (AvgIpc) is 2.49. The van der Waals surface area contributed by atoms with Crippen LogP contribution in [0.25, 0.3) is 10.9 Å². The van der Waals surface area contributed by atoms with Gasteiger partial charge in [0.2, 0.25) is 0 Å². The van der Waals surface area contributed by atoms with Gasteiger partial charge in [0, 0.05) is 11.5 Å². The lowest BCUT2D eigenvalue weighted by molar-refractivity contribution is 0.628. The van der Waals surface area contributed by atoms with Crippen molar-refractivity contribution >= 4 is 22.8 Å². The fourth-order valence-electron chi connectivity index (χ4n) is 2.02. The molecular weight excluding hydrogens is 269 g/mol. The molecule has 0 saturated carbocycles. The summed E-state index contributed by atoms with van der Waals surface area (Å²) < 4.78 is 12.8. The Balaban J connectivity index is 1.88. The molecule has 0 bridgehead atoms. The highest BCUT2D eigenvalue weighted by atomic mass is 19.1. The molecule has 3 aromatic rings. The molecule has 2 aromatic carbocycles. The zero-order valence-electron chi connectivity index (χ0n) is 11.0. The van der Waals surface area contributed by atoms with E-state index in [4.69, 9.17) is 0 Å². The number of hydrazone groups is 1. The first-order valence-corrected chi connectivity index (χ1v) is 6.39. The Kier molecular flexibility index (Phi) is 3.47. The zero-order chi connectivity index (χ0) is 14.7. The number of nitrogens with one attached hydrogen (secondary N) is 2. The number of aromatic amines is 1. The molecular formula is C16H12FN3O. The molecule has 0 atom stereocenters. The summed E-state index contributed by atoms with van der Waals surface area (Å²) >= 11 is 0. The van der Waals surface area contributed by atoms with Gasteiger partial charge >= 0.3 is 0 Å². The molecule has 0 amide bonds. The van der Waals surface area contributed by atoms with Crippen LogP contribution in [-0.2, 0) is 0 Å². The van der Waals surface area contributed by atoms with E-state index < -0.39 is 0 Å². The van der Waals surface area contributed by atoms with Crippen molar-refractivity contribution in [2.24, 2.45) is 5.10 Å². The van der Waals surface area contributed by atoms with Gasteiger partial charge in [0.05, 0.1) is 17.4 Å². The lowest BCUT2D eigenvalue weighted by Gasteiger charge is -2.04. The summed E-state index contributed by atoms with van der Waals surface area (Å²) in [6.07, 6.45) is 1.56. The summed E-state index contributed by atoms with van der Waals surface area (Å²) in [5, 5.41) is 4.95. The summed E-state index contributed by atoms with van der Waals surface area (Å²) in [5.74, 6) is -0.291. The summed E-state index contributed by atoms with van der Waals surface area (Å²) in [5.41, 5.74) is 4.77. The molecule has 0 aliphatic heterocycles. The normalized spacial score (nSPS) is 11.1. The minimum absolute atomic E-state index is 0.201. The van der Waals surface area contributed by atoms with Crippen LogP contribution in [0.4, 0.5) is 10.1 Å². The van der Waals surface area contributed by atoms with Gasteiger partial charge in [-0.15, -0.1) is 0 Å². The van der Waals surface area contributed by atoms with Crippen LogP contribution in [0, 0.1) is 5.82 Å². The molecule has 104 valence electrons. The Morgan fingerprint density at radius 1 is 1.10 bits per heavy atom. The first kappa shape index (κ1) is 13.1. The number of halogens is 1. The Morgan fingerprint density at radius 2 is 1.86 bits per heavy atom. The van der Waals surface area contributed by atoms with Crippen LogP contribution in [0.15, 0.2) is 64.5 Å². The average molecular weight is 281 g/mol. The van der Waals surface area contributed by atoms with Crippen LogP contribution in [0.1, 0.15) is 5.56 Å². The second kappa shape index (κ2) is 5.58. The van der Waals surface area contributed by atoms with Crippen LogP contribution in [0.3, 0.4) is 0 Å². The third-order valence-electron chi connectivity index (χ3n) is 3.02. The number of anilines is 1. The fraction of sp³-hybridized carbons (Fsp3) is 0. The third-order valence-corrected chi connectivity index (χ3v) is 3.02. The third kappa shape index (κ3) is 2.97. The van der Waals surface area contributed by atoms with Gasteiger partial charge in [0.1, 0.15) is 5.82 Å². The van der Waals surface area contributed by atoms with Gasteiger partial charge in [-0.25, -0.2) is 4.39 Å². The highest BCUT2D eigenvalue weighted by Gasteiger charge is 2.01. The molecule has 5 heteroatoms. The minimum Gasteiger partial charge on any atom is -0.322 e. The number of H-pyrrole nitrogens is 1. The van der Waals surface area contributed by atoms with Gasteiger partial charge in [0.15, 0.2) is 0 Å². The Labute approximate surface area is 119 Å². The maximum Gasteiger partial charge on any atom is 0.250 e. The van der Waals surface area contributed by atoms with E-state index in [1.54, 1.807) is 18.3 Å². The molecule has 0 unspecified atom stereocenters. The summed E-state index contributed by atoms with van der Waals surface area (Å²) in [6.45, 7) is 0. The number of nitrogens with zero attached hydrogens (tertiary/aromatic N) is 1. The Morgan fingerprint density at radius 3 is 2.67 bits per heavy atom. The lowest BCUT2D eigenvalue weighted by atomic mass is 10.2. The smallest absolute Gasteiger partial charge is 0.250 e. The van der Waals surface area contributed by atoms with Crippen LogP contribution in [-0.4, -0.2) is 11.2 Å². The van der Waals surface area contributed by atoms with Gasteiger partial charge < -0.3 is 4.98 Å². The number of para-hydroxylation sites is 1. The highest BCUT2D eigenvalue weighted by Crippen LogP contribution is 2.19. The zero-order valence-corrected chi connectivity index (χ0v) is 11.0. The first-order chi connectivity index (χ1) is 10.2. The summed E-state index contributed by atoms with van der Waals surface area (Å²) in [6, 6.07) is 14.9. The number of benzene rings is 2. The van der Waals surface area contributed by atoms with Crippen molar-refractivity contribution in [2.45, 2.75) is 0 Å². The number of rotatable bonds is 3. The Bertz CT molecular complexity index is 853. The minimum atomic E-state index is -0.291. The maximum absolute atomic E-state index is 12.8. The van der Waals surface area contributed by atoms with E-state index >= 15 is 0 Å². The molecule has 2 N–H and O–H groups in total. The van der Waals surface area contributed by atoms with Crippen molar-refractivity contribution < 1.29 is 4.39 Å². The van der Waals surface area contributed by atoms with E-state index in [9.17, 15) is 9.18 Å². The maximum atomic E-state index is 12.8. The number of hydrogen-bond acceptors (Lipinski definition) is 3. The van der Waals surface area contributed by atoms with E-state index in [0.29, 0.717) is 5.69 Å². The summed E-state index contributed by atoms with van der Waals surface area (Å²) in [7, 11) is 0. The SMILES string of the molecule is O=c1cc(N/N=C/c2ccc(F)cc2)c2ccccc2[nH]1. The fourth-order valence-corrected chi connectivity index (χ4v) is 2.02. The molecule has 1 heterocycles. The van der Waals surface area contributed by atoms with Crippen molar-refractivity contribution in [1.29, 1.82) is 0 Å². The molecule has 0 aliphatic rings. The molecule has 0 spiro atoms. The van der Waals surface area contributed by atoms with Crippen LogP contribution in [0.2, 0.25) is 0 Å². The molecule has 0 aliphatic carbocycles. The van der Waals surface area contributed by atoms with Gasteiger partial charge in [0.25, 0.3) is 5.56 Å². The standard InChI is InChI=1S/C16H12FN3O/c17-12-7-5-11(6-8-12)10-18-20-15-9-16(21)19-14-4-2-1-3-13(14)15/h1-10H,(H2,19,20,21)/b18-10+. The molecule has 3 rings (SSSR count). The van der Waals surface area contributed by atoms with Crippen LogP contribution < -0.4 is 11.0 Å². The molecule has 21 heavy (non-hydrogen) atoms. The van der Waals surface area contributed by atoms with E-state index in [1.807, 2.05) is 24.3 Å². The Hall–Kier alpha value is -2.95. The highest BCUT2D eigenvalue weighted by molar-refractivity contribution is 5.91. The second-order valence-electron chi connectivity index (χ2n) is 4.51. The largest absolute Gasteiger partial charge is 0.322 e. The van der Waals surface area contributed by atoms with Gasteiger partial charge in [-0.2, -0.15) is 5.10 Å².